The molecule has 0 aliphatic heterocycles. The molecule has 0 heterocycles. The van der Waals surface area contributed by atoms with Crippen LogP contribution in [-0.4, -0.2) is 29.8 Å². The van der Waals surface area contributed by atoms with Gasteiger partial charge in [0, 0.05) is 13.2 Å². The normalized spacial score (nSPS) is 12.0. The second-order valence-electron chi connectivity index (χ2n) is 9.54. The molecule has 0 rings (SSSR count). The molecule has 28 heavy (non-hydrogen) atoms. The Morgan fingerprint density at radius 1 is 0.429 bits per heavy atom. The van der Waals surface area contributed by atoms with Crippen LogP contribution in [0.3, 0.4) is 0 Å². The van der Waals surface area contributed by atoms with Gasteiger partial charge in [0.25, 0.3) is 0 Å². The van der Waals surface area contributed by atoms with Crippen LogP contribution in [0.1, 0.15) is 105 Å². The van der Waals surface area contributed by atoms with Crippen LogP contribution < -0.4 is 0 Å². The van der Waals surface area contributed by atoms with Crippen LogP contribution in [0.4, 0.5) is 0 Å². The second-order valence-corrected chi connectivity index (χ2v) is 18.2. The minimum atomic E-state index is -1.31. The number of hydrogen-bond acceptors (Lipinski definition) is 2. The largest absolute Gasteiger partial charge is 0.417 e. The van der Waals surface area contributed by atoms with E-state index in [-0.39, 0.29) is 0 Å². The lowest BCUT2D eigenvalue weighted by Gasteiger charge is -2.22. The first-order valence-corrected chi connectivity index (χ1v) is 18.8. The van der Waals surface area contributed by atoms with Crippen molar-refractivity contribution >= 4 is 16.6 Å². The van der Waals surface area contributed by atoms with Crippen LogP contribution in [0, 0.1) is 0 Å². The van der Waals surface area contributed by atoms with E-state index in [0.717, 1.165) is 26.1 Å². The zero-order valence-electron chi connectivity index (χ0n) is 21.1. The molecule has 172 valence electrons. The minimum Gasteiger partial charge on any atom is -0.417 e. The zero-order chi connectivity index (χ0) is 21.7. The van der Waals surface area contributed by atoms with E-state index in [1.165, 1.54) is 76.3 Å². The topological polar surface area (TPSA) is 18.5 Å². The van der Waals surface area contributed by atoms with Crippen molar-refractivity contribution in [2.75, 3.05) is 13.2 Å². The van der Waals surface area contributed by atoms with Crippen LogP contribution in [0.2, 0.25) is 38.3 Å². The molecule has 0 saturated heterocycles. The molecule has 0 aromatic carbocycles. The van der Waals surface area contributed by atoms with Crippen molar-refractivity contribution in [2.45, 2.75) is 143 Å². The molecular formula is C24H56O2Si2. The Hall–Kier alpha value is 0.354. The first-order valence-electron chi connectivity index (χ1n) is 12.5. The standard InChI is InChI=1S/C15H34OSi.C9H22OSi/c1-5-7-8-9-10-11-12-13-15-17(3,4)16-14-6-2;1-5-7-9-11(3,4)10-8-6-2/h5-15H2,1-4H3;5-9H2,1-4H3. The lowest BCUT2D eigenvalue weighted by molar-refractivity contribution is 0.305. The average molecular weight is 433 g/mol. The summed E-state index contributed by atoms with van der Waals surface area (Å²) in [5, 5.41) is 0. The van der Waals surface area contributed by atoms with Gasteiger partial charge in [-0.2, -0.15) is 0 Å². The average Bonchev–Trinajstić information content (AvgIpc) is 2.66. The third-order valence-corrected chi connectivity index (χ3v) is 10.2. The summed E-state index contributed by atoms with van der Waals surface area (Å²) < 4.78 is 11.8. The number of hydrogen-bond donors (Lipinski definition) is 0. The molecule has 0 amide bonds. The smallest absolute Gasteiger partial charge is 0.186 e. The lowest BCUT2D eigenvalue weighted by atomic mass is 10.1. The van der Waals surface area contributed by atoms with Crippen molar-refractivity contribution in [3.8, 4) is 0 Å². The number of unbranched alkanes of at least 4 members (excludes halogenated alkanes) is 8. The monoisotopic (exact) mass is 432 g/mol. The van der Waals surface area contributed by atoms with Crippen LogP contribution in [0.15, 0.2) is 0 Å². The van der Waals surface area contributed by atoms with E-state index in [9.17, 15) is 0 Å². The molecule has 0 aliphatic rings. The van der Waals surface area contributed by atoms with Gasteiger partial charge in [0.05, 0.1) is 0 Å². The summed E-state index contributed by atoms with van der Waals surface area (Å²) in [5.41, 5.74) is 0. The van der Waals surface area contributed by atoms with Crippen LogP contribution in [0.5, 0.6) is 0 Å². The minimum absolute atomic E-state index is 0.961. The summed E-state index contributed by atoms with van der Waals surface area (Å²) in [6, 6.07) is 2.67. The van der Waals surface area contributed by atoms with Gasteiger partial charge < -0.3 is 8.85 Å². The Morgan fingerprint density at radius 2 is 0.786 bits per heavy atom. The van der Waals surface area contributed by atoms with Gasteiger partial charge in [-0.15, -0.1) is 0 Å². The lowest BCUT2D eigenvalue weighted by Crippen LogP contribution is -2.30. The van der Waals surface area contributed by atoms with Crippen LogP contribution in [-0.2, 0) is 8.85 Å². The predicted octanol–water partition coefficient (Wildman–Crippen LogP) is 9.18. The molecule has 0 aromatic rings. The van der Waals surface area contributed by atoms with Crippen molar-refractivity contribution in [2.24, 2.45) is 0 Å². The molecular weight excluding hydrogens is 376 g/mol. The van der Waals surface area contributed by atoms with Gasteiger partial charge in [0.1, 0.15) is 0 Å². The molecule has 0 aliphatic carbocycles. The van der Waals surface area contributed by atoms with Gasteiger partial charge in [-0.3, -0.25) is 0 Å². The maximum Gasteiger partial charge on any atom is 0.186 e. The quantitative estimate of drug-likeness (QED) is 0.159. The molecule has 0 radical (unpaired) electrons. The maximum atomic E-state index is 5.98. The summed E-state index contributed by atoms with van der Waals surface area (Å²) in [4.78, 5) is 0. The number of rotatable bonds is 18. The predicted molar refractivity (Wildman–Crippen MR) is 135 cm³/mol. The molecule has 4 heteroatoms. The highest BCUT2D eigenvalue weighted by atomic mass is 28.4. The fourth-order valence-electron chi connectivity index (χ4n) is 3.19. The SMILES string of the molecule is CCCCCCCCCC[Si](C)(C)OCCC.CCCC[Si](C)(C)OCCC. The van der Waals surface area contributed by atoms with Gasteiger partial charge in [0.2, 0.25) is 0 Å². The molecule has 0 aromatic heterocycles. The summed E-state index contributed by atoms with van der Waals surface area (Å²) >= 11 is 0. The third-order valence-electron chi connectivity index (χ3n) is 5.16. The van der Waals surface area contributed by atoms with E-state index >= 15 is 0 Å². The van der Waals surface area contributed by atoms with Crippen molar-refractivity contribution in [1.29, 1.82) is 0 Å². The van der Waals surface area contributed by atoms with Gasteiger partial charge in [-0.25, -0.2) is 0 Å². The fourth-order valence-corrected chi connectivity index (χ4v) is 7.30. The second kappa shape index (κ2) is 20.6. The molecule has 0 N–H and O–H groups in total. The van der Waals surface area contributed by atoms with Crippen molar-refractivity contribution < 1.29 is 8.85 Å². The van der Waals surface area contributed by atoms with Crippen molar-refractivity contribution in [3.63, 3.8) is 0 Å². The van der Waals surface area contributed by atoms with Gasteiger partial charge in [-0.1, -0.05) is 91.9 Å². The zero-order valence-corrected chi connectivity index (χ0v) is 23.1. The molecule has 0 bridgehead atoms. The Bertz CT molecular complexity index is 297. The van der Waals surface area contributed by atoms with E-state index in [1.54, 1.807) is 0 Å². The molecule has 0 spiro atoms. The summed E-state index contributed by atoms with van der Waals surface area (Å²) in [5.74, 6) is 0. The molecule has 0 fully saturated rings. The van der Waals surface area contributed by atoms with Crippen molar-refractivity contribution in [1.82, 2.24) is 0 Å². The molecule has 0 unspecified atom stereocenters. The first-order chi connectivity index (χ1) is 13.2. The van der Waals surface area contributed by atoms with E-state index in [0.29, 0.717) is 0 Å². The summed E-state index contributed by atoms with van der Waals surface area (Å²) in [6.07, 6.45) is 16.3. The highest BCUT2D eigenvalue weighted by Crippen LogP contribution is 2.18. The maximum absolute atomic E-state index is 5.98. The molecule has 2 nitrogen and oxygen atoms in total. The van der Waals surface area contributed by atoms with Gasteiger partial charge in [0.15, 0.2) is 16.6 Å². The van der Waals surface area contributed by atoms with E-state index in [2.05, 4.69) is 53.9 Å². The van der Waals surface area contributed by atoms with Gasteiger partial charge in [-0.05, 0) is 51.1 Å². The Labute approximate surface area is 181 Å². The Kier molecular flexibility index (Phi) is 22.5. The van der Waals surface area contributed by atoms with Gasteiger partial charge >= 0.3 is 0 Å². The van der Waals surface area contributed by atoms with E-state index in [4.69, 9.17) is 8.85 Å². The fraction of sp³-hybridized carbons (Fsp3) is 1.00. The molecule has 0 saturated carbocycles. The first kappa shape index (κ1) is 30.5. The van der Waals surface area contributed by atoms with E-state index < -0.39 is 16.6 Å². The van der Waals surface area contributed by atoms with Crippen LogP contribution >= 0.6 is 0 Å². The highest BCUT2D eigenvalue weighted by Gasteiger charge is 2.21. The highest BCUT2D eigenvalue weighted by molar-refractivity contribution is 6.71. The Balaban J connectivity index is 0. The molecule has 0 atom stereocenters. The summed E-state index contributed by atoms with van der Waals surface area (Å²) in [6.45, 7) is 20.2. The van der Waals surface area contributed by atoms with E-state index in [1.807, 2.05) is 0 Å². The van der Waals surface area contributed by atoms with Crippen molar-refractivity contribution in [3.05, 3.63) is 0 Å². The third kappa shape index (κ3) is 24.4. The Morgan fingerprint density at radius 3 is 1.18 bits per heavy atom. The van der Waals surface area contributed by atoms with Crippen LogP contribution in [0.25, 0.3) is 0 Å². The summed E-state index contributed by atoms with van der Waals surface area (Å²) in [7, 11) is -2.55.